The van der Waals surface area contributed by atoms with Crippen molar-refractivity contribution < 1.29 is 19.5 Å². The van der Waals surface area contributed by atoms with E-state index in [9.17, 15) is 14.4 Å². The number of aliphatic carboxylic acids is 1. The summed E-state index contributed by atoms with van der Waals surface area (Å²) < 4.78 is 1.63. The van der Waals surface area contributed by atoms with Gasteiger partial charge in [-0.05, 0) is 12.1 Å². The summed E-state index contributed by atoms with van der Waals surface area (Å²) in [5.74, 6) is -1.43. The molecule has 0 fully saturated rings. The molecule has 0 aliphatic rings. The third-order valence-corrected chi connectivity index (χ3v) is 2.00. The summed E-state index contributed by atoms with van der Waals surface area (Å²) in [7, 11) is 0. The lowest BCUT2D eigenvalue weighted by molar-refractivity contribution is -0.137. The number of nitrogens with zero attached hydrogens (tertiary/aromatic N) is 1. The Hall–Kier alpha value is -2.11. The number of aromatic nitrogens is 1. The molecule has 0 spiro atoms. The van der Waals surface area contributed by atoms with Crippen LogP contribution in [-0.2, 0) is 16.1 Å². The summed E-state index contributed by atoms with van der Waals surface area (Å²) in [4.78, 5) is 31.9. The quantitative estimate of drug-likeness (QED) is 0.660. The van der Waals surface area contributed by atoms with Crippen LogP contribution < -0.4 is 5.32 Å². The number of rotatable bonds is 6. The fraction of sp³-hybridized carbons (Fsp3) is 0.300. The molecule has 1 aromatic rings. The highest BCUT2D eigenvalue weighted by atomic mass is 16.4. The van der Waals surface area contributed by atoms with Crippen molar-refractivity contribution in [1.82, 2.24) is 9.88 Å². The topological polar surface area (TPSA) is 88.4 Å². The first kappa shape index (κ1) is 12.0. The summed E-state index contributed by atoms with van der Waals surface area (Å²) in [6.07, 6.45) is 2.53. The number of carbonyl (C=O) groups excluding carboxylic acids is 2. The molecular formula is C10H12N2O4. The predicted molar refractivity (Wildman–Crippen MR) is 55.1 cm³/mol. The monoisotopic (exact) mass is 224 g/mol. The number of aldehydes is 1. The Labute approximate surface area is 91.9 Å². The lowest BCUT2D eigenvalue weighted by Crippen LogP contribution is -2.29. The molecule has 2 N–H and O–H groups in total. The van der Waals surface area contributed by atoms with E-state index in [1.54, 1.807) is 22.9 Å². The van der Waals surface area contributed by atoms with E-state index in [2.05, 4.69) is 5.32 Å². The van der Waals surface area contributed by atoms with E-state index in [1.165, 1.54) is 0 Å². The van der Waals surface area contributed by atoms with Crippen molar-refractivity contribution in [2.45, 2.75) is 13.0 Å². The molecule has 0 aliphatic carbocycles. The number of hydrogen-bond acceptors (Lipinski definition) is 3. The van der Waals surface area contributed by atoms with Gasteiger partial charge in [-0.1, -0.05) is 0 Å². The van der Waals surface area contributed by atoms with Crippen LogP contribution in [-0.4, -0.2) is 34.4 Å². The average Bonchev–Trinajstić information content (AvgIpc) is 2.70. The molecule has 6 nitrogen and oxygen atoms in total. The number of aryl methyl sites for hydroxylation is 1. The van der Waals surface area contributed by atoms with Crippen LogP contribution in [0.15, 0.2) is 18.3 Å². The maximum Gasteiger partial charge on any atom is 0.322 e. The molecule has 0 saturated heterocycles. The fourth-order valence-electron chi connectivity index (χ4n) is 1.22. The normalized spacial score (nSPS) is 9.75. The van der Waals surface area contributed by atoms with E-state index >= 15 is 0 Å². The number of nitrogens with one attached hydrogen (secondary N) is 1. The summed E-state index contributed by atoms with van der Waals surface area (Å²) in [5.41, 5.74) is 0.492. The molecule has 86 valence electrons. The third-order valence-electron chi connectivity index (χ3n) is 2.00. The summed E-state index contributed by atoms with van der Waals surface area (Å²) in [5, 5.41) is 10.6. The minimum Gasteiger partial charge on any atom is -0.480 e. The van der Waals surface area contributed by atoms with Crippen LogP contribution in [0.4, 0.5) is 0 Å². The second-order valence-electron chi connectivity index (χ2n) is 3.16. The number of carboxylic acids is 1. The van der Waals surface area contributed by atoms with E-state index < -0.39 is 5.97 Å². The van der Waals surface area contributed by atoms with Gasteiger partial charge in [-0.25, -0.2) is 0 Å². The van der Waals surface area contributed by atoms with Gasteiger partial charge in [0.05, 0.1) is 5.69 Å². The van der Waals surface area contributed by atoms with Crippen LogP contribution in [0.25, 0.3) is 0 Å². The highest BCUT2D eigenvalue weighted by molar-refractivity contribution is 5.81. The molecule has 1 rings (SSSR count). The molecule has 1 amide bonds. The van der Waals surface area contributed by atoms with Gasteiger partial charge in [-0.15, -0.1) is 0 Å². The van der Waals surface area contributed by atoms with Gasteiger partial charge in [0.2, 0.25) is 5.91 Å². The van der Waals surface area contributed by atoms with Crippen molar-refractivity contribution in [3.63, 3.8) is 0 Å². The van der Waals surface area contributed by atoms with Gasteiger partial charge in [0, 0.05) is 19.2 Å². The van der Waals surface area contributed by atoms with Gasteiger partial charge in [-0.3, -0.25) is 14.4 Å². The second kappa shape index (κ2) is 5.69. The molecule has 0 aliphatic heterocycles. The number of carboxylic acid groups (broad SMARTS) is 1. The van der Waals surface area contributed by atoms with Gasteiger partial charge in [0.1, 0.15) is 6.54 Å². The highest BCUT2D eigenvalue weighted by Gasteiger charge is 2.05. The van der Waals surface area contributed by atoms with Gasteiger partial charge in [-0.2, -0.15) is 0 Å². The molecule has 6 heteroatoms. The van der Waals surface area contributed by atoms with E-state index in [4.69, 9.17) is 5.11 Å². The molecular weight excluding hydrogens is 212 g/mol. The van der Waals surface area contributed by atoms with E-state index in [0.717, 1.165) is 0 Å². The van der Waals surface area contributed by atoms with Crippen molar-refractivity contribution >= 4 is 18.2 Å². The fourth-order valence-corrected chi connectivity index (χ4v) is 1.22. The highest BCUT2D eigenvalue weighted by Crippen LogP contribution is 2.00. The molecule has 0 saturated carbocycles. The van der Waals surface area contributed by atoms with Crippen molar-refractivity contribution in [3.05, 3.63) is 24.0 Å². The standard InChI is InChI=1S/C10H12N2O4/c13-7-8-2-1-4-12(8)5-3-9(14)11-6-10(15)16/h1-2,4,7H,3,5-6H2,(H,11,14)(H,15,16). The second-order valence-corrected chi connectivity index (χ2v) is 3.16. The van der Waals surface area contributed by atoms with Crippen LogP contribution >= 0.6 is 0 Å². The van der Waals surface area contributed by atoms with Crippen molar-refractivity contribution in [3.8, 4) is 0 Å². The Kier molecular flexibility index (Phi) is 4.26. The summed E-state index contributed by atoms with van der Waals surface area (Å²) >= 11 is 0. The minimum atomic E-state index is -1.08. The smallest absolute Gasteiger partial charge is 0.322 e. The molecule has 0 atom stereocenters. The Morgan fingerprint density at radius 2 is 2.25 bits per heavy atom. The first-order chi connectivity index (χ1) is 7.63. The first-order valence-electron chi connectivity index (χ1n) is 4.72. The number of carbonyl (C=O) groups is 3. The first-order valence-corrected chi connectivity index (χ1v) is 4.72. The van der Waals surface area contributed by atoms with Crippen LogP contribution in [0.1, 0.15) is 16.9 Å². The molecule has 16 heavy (non-hydrogen) atoms. The molecule has 1 aromatic heterocycles. The Morgan fingerprint density at radius 3 is 2.88 bits per heavy atom. The Bertz CT molecular complexity index is 397. The minimum absolute atomic E-state index is 0.142. The SMILES string of the molecule is O=Cc1cccn1CCC(=O)NCC(=O)O. The van der Waals surface area contributed by atoms with Crippen LogP contribution in [0.5, 0.6) is 0 Å². The van der Waals surface area contributed by atoms with Gasteiger partial charge in [0.25, 0.3) is 0 Å². The average molecular weight is 224 g/mol. The summed E-state index contributed by atoms with van der Waals surface area (Å²) in [6.45, 7) is -0.0302. The zero-order chi connectivity index (χ0) is 12.0. The van der Waals surface area contributed by atoms with Crippen molar-refractivity contribution in [1.29, 1.82) is 0 Å². The predicted octanol–water partition coefficient (Wildman–Crippen LogP) is -0.109. The lowest BCUT2D eigenvalue weighted by Gasteiger charge is -2.05. The van der Waals surface area contributed by atoms with Crippen molar-refractivity contribution in [2.75, 3.05) is 6.54 Å². The maximum absolute atomic E-state index is 11.2. The Morgan fingerprint density at radius 1 is 1.50 bits per heavy atom. The van der Waals surface area contributed by atoms with E-state index in [1.807, 2.05) is 0 Å². The molecule has 0 bridgehead atoms. The zero-order valence-electron chi connectivity index (χ0n) is 8.55. The van der Waals surface area contributed by atoms with E-state index in [0.29, 0.717) is 18.5 Å². The van der Waals surface area contributed by atoms with Crippen LogP contribution in [0.2, 0.25) is 0 Å². The molecule has 0 radical (unpaired) electrons. The molecule has 0 unspecified atom stereocenters. The number of amides is 1. The van der Waals surface area contributed by atoms with Gasteiger partial charge in [0.15, 0.2) is 6.29 Å². The van der Waals surface area contributed by atoms with Gasteiger partial charge >= 0.3 is 5.97 Å². The number of hydrogen-bond donors (Lipinski definition) is 2. The molecule has 1 heterocycles. The lowest BCUT2D eigenvalue weighted by atomic mass is 10.3. The Balaban J connectivity index is 2.37. The summed E-state index contributed by atoms with van der Waals surface area (Å²) in [6, 6.07) is 3.35. The largest absolute Gasteiger partial charge is 0.480 e. The van der Waals surface area contributed by atoms with E-state index in [-0.39, 0.29) is 18.9 Å². The third kappa shape index (κ3) is 3.56. The molecule has 0 aromatic carbocycles. The maximum atomic E-state index is 11.2. The van der Waals surface area contributed by atoms with Crippen LogP contribution in [0, 0.1) is 0 Å². The van der Waals surface area contributed by atoms with Crippen molar-refractivity contribution in [2.24, 2.45) is 0 Å². The van der Waals surface area contributed by atoms with Gasteiger partial charge < -0.3 is 15.0 Å². The van der Waals surface area contributed by atoms with Crippen LogP contribution in [0.3, 0.4) is 0 Å². The zero-order valence-corrected chi connectivity index (χ0v) is 8.55.